The molecule has 0 bridgehead atoms. The molecule has 0 aliphatic carbocycles. The van der Waals surface area contributed by atoms with Gasteiger partial charge in [0.15, 0.2) is 4.34 Å². The van der Waals surface area contributed by atoms with Crippen LogP contribution >= 0.6 is 34.7 Å². The summed E-state index contributed by atoms with van der Waals surface area (Å²) in [6, 6.07) is 20.1. The van der Waals surface area contributed by atoms with Gasteiger partial charge in [0.2, 0.25) is 5.13 Å². The minimum atomic E-state index is -0.966. The van der Waals surface area contributed by atoms with Gasteiger partial charge in [0.05, 0.1) is 18.7 Å². The Balaban J connectivity index is 1.54. The molecule has 3 aromatic carbocycles. The summed E-state index contributed by atoms with van der Waals surface area (Å²) in [5.41, 5.74) is 1.91. The van der Waals surface area contributed by atoms with E-state index in [4.69, 9.17) is 21.1 Å². The first-order valence-corrected chi connectivity index (χ1v) is 14.6. The molecule has 0 spiro atoms. The molecular formula is C30H24ClN3O5S2. The summed E-state index contributed by atoms with van der Waals surface area (Å²) < 4.78 is 11.5. The number of aliphatic hydroxyl groups excluding tert-OH is 1. The minimum Gasteiger partial charge on any atom is -0.507 e. The van der Waals surface area contributed by atoms with Crippen LogP contribution in [0.4, 0.5) is 5.13 Å². The zero-order valence-corrected chi connectivity index (χ0v) is 24.2. The van der Waals surface area contributed by atoms with E-state index >= 15 is 0 Å². The van der Waals surface area contributed by atoms with Crippen LogP contribution in [0.25, 0.3) is 5.76 Å². The molecule has 1 saturated heterocycles. The van der Waals surface area contributed by atoms with Crippen molar-refractivity contribution < 1.29 is 24.2 Å². The number of ketones is 1. The molecule has 11 heteroatoms. The third kappa shape index (κ3) is 6.14. The van der Waals surface area contributed by atoms with Crippen molar-refractivity contribution in [2.45, 2.75) is 16.1 Å². The average Bonchev–Trinajstić information content (AvgIpc) is 3.57. The van der Waals surface area contributed by atoms with Crippen LogP contribution < -0.4 is 14.4 Å². The van der Waals surface area contributed by atoms with E-state index in [-0.39, 0.29) is 23.1 Å². The highest BCUT2D eigenvalue weighted by atomic mass is 35.5. The lowest BCUT2D eigenvalue weighted by Crippen LogP contribution is -2.29. The van der Waals surface area contributed by atoms with Gasteiger partial charge in [0.1, 0.15) is 23.9 Å². The number of aromatic nitrogens is 2. The number of benzene rings is 3. The van der Waals surface area contributed by atoms with E-state index < -0.39 is 17.7 Å². The molecule has 208 valence electrons. The van der Waals surface area contributed by atoms with Crippen molar-refractivity contribution in [1.82, 2.24) is 10.2 Å². The monoisotopic (exact) mass is 605 g/mol. The molecule has 1 aliphatic rings. The molecule has 1 aliphatic heterocycles. The van der Waals surface area contributed by atoms with Crippen LogP contribution in [0.1, 0.15) is 22.7 Å². The zero-order chi connectivity index (χ0) is 28.9. The van der Waals surface area contributed by atoms with Gasteiger partial charge >= 0.3 is 5.91 Å². The number of hydrogen-bond acceptors (Lipinski definition) is 9. The van der Waals surface area contributed by atoms with Gasteiger partial charge in [-0.2, -0.15) is 0 Å². The molecule has 1 N–H and O–H groups in total. The zero-order valence-electron chi connectivity index (χ0n) is 21.8. The van der Waals surface area contributed by atoms with Crippen molar-refractivity contribution in [2.24, 2.45) is 0 Å². The standard InChI is InChI=1S/C30H24ClN3O5S2/c1-3-15-39-23-6-4-5-20(16-23)25-24(26(35)19-9-13-22(38-2)14-10-19)27(36)28(37)34(25)29-32-33-30(41-29)40-17-18-7-11-21(31)12-8-18/h3-14,16,25,35H,1,15,17H2,2H3. The van der Waals surface area contributed by atoms with E-state index in [1.165, 1.54) is 35.1 Å². The number of Topliss-reactive ketones (excluding diaryl/α,β-unsaturated/α-hetero) is 1. The van der Waals surface area contributed by atoms with Gasteiger partial charge in [-0.25, -0.2) is 0 Å². The first-order chi connectivity index (χ1) is 19.9. The fourth-order valence-corrected chi connectivity index (χ4v) is 6.21. The molecule has 8 nitrogen and oxygen atoms in total. The van der Waals surface area contributed by atoms with Crippen molar-refractivity contribution in [2.75, 3.05) is 18.6 Å². The summed E-state index contributed by atoms with van der Waals surface area (Å²) in [5.74, 6) is -0.220. The molecule has 2 heterocycles. The fourth-order valence-electron chi connectivity index (χ4n) is 4.26. The normalized spacial score (nSPS) is 16.1. The van der Waals surface area contributed by atoms with E-state index in [1.807, 2.05) is 24.3 Å². The average molecular weight is 606 g/mol. The van der Waals surface area contributed by atoms with E-state index in [0.717, 1.165) is 5.56 Å². The number of nitrogens with zero attached hydrogens (tertiary/aromatic N) is 3. The van der Waals surface area contributed by atoms with Crippen LogP contribution in [0.15, 0.2) is 95.4 Å². The Morgan fingerprint density at radius 1 is 1.10 bits per heavy atom. The predicted octanol–water partition coefficient (Wildman–Crippen LogP) is 6.68. The Labute approximate surface area is 249 Å². The lowest BCUT2D eigenvalue weighted by atomic mass is 9.95. The summed E-state index contributed by atoms with van der Waals surface area (Å²) >= 11 is 8.63. The number of methoxy groups -OCH3 is 1. The van der Waals surface area contributed by atoms with Crippen LogP contribution in [-0.2, 0) is 15.3 Å². The number of thioether (sulfide) groups is 1. The number of rotatable bonds is 10. The highest BCUT2D eigenvalue weighted by molar-refractivity contribution is 8.00. The second-order valence-electron chi connectivity index (χ2n) is 8.84. The quantitative estimate of drug-likeness (QED) is 0.0533. The van der Waals surface area contributed by atoms with E-state index in [2.05, 4.69) is 16.8 Å². The van der Waals surface area contributed by atoms with Gasteiger partial charge < -0.3 is 14.6 Å². The molecule has 5 rings (SSSR count). The molecule has 0 saturated carbocycles. The number of hydrogen-bond donors (Lipinski definition) is 1. The minimum absolute atomic E-state index is 0.0633. The molecule has 4 aromatic rings. The van der Waals surface area contributed by atoms with E-state index in [0.29, 0.717) is 37.7 Å². The number of ether oxygens (including phenoxy) is 2. The fraction of sp³-hybridized carbons (Fsp3) is 0.133. The molecule has 1 aromatic heterocycles. The van der Waals surface area contributed by atoms with Gasteiger partial charge in [0.25, 0.3) is 5.78 Å². The third-order valence-corrected chi connectivity index (χ3v) is 8.61. The summed E-state index contributed by atoms with van der Waals surface area (Å²) in [6.45, 7) is 3.95. The van der Waals surface area contributed by atoms with Crippen molar-refractivity contribution in [1.29, 1.82) is 0 Å². The van der Waals surface area contributed by atoms with Gasteiger partial charge in [-0.1, -0.05) is 71.6 Å². The molecule has 1 unspecified atom stereocenters. The Morgan fingerprint density at radius 2 is 1.85 bits per heavy atom. The summed E-state index contributed by atoms with van der Waals surface area (Å²) in [5, 5.41) is 20.8. The smallest absolute Gasteiger partial charge is 0.301 e. The van der Waals surface area contributed by atoms with Gasteiger partial charge in [0, 0.05) is 16.3 Å². The highest BCUT2D eigenvalue weighted by Crippen LogP contribution is 2.44. The lowest BCUT2D eigenvalue weighted by Gasteiger charge is -2.23. The second kappa shape index (κ2) is 12.6. The number of aliphatic hydroxyl groups is 1. The third-order valence-electron chi connectivity index (χ3n) is 6.23. The molecule has 0 radical (unpaired) electrons. The number of anilines is 1. The Kier molecular flexibility index (Phi) is 8.72. The molecule has 1 atom stereocenters. The van der Waals surface area contributed by atoms with E-state index in [1.54, 1.807) is 54.6 Å². The molecule has 1 fully saturated rings. The first-order valence-electron chi connectivity index (χ1n) is 12.4. The largest absolute Gasteiger partial charge is 0.507 e. The maximum absolute atomic E-state index is 13.5. The SMILES string of the molecule is C=CCOc1cccc(C2C(=C(O)c3ccc(OC)cc3)C(=O)C(=O)N2c2nnc(SCc3ccc(Cl)cc3)s2)c1. The predicted molar refractivity (Wildman–Crippen MR) is 161 cm³/mol. The number of halogens is 1. The van der Waals surface area contributed by atoms with Crippen molar-refractivity contribution in [3.05, 3.63) is 113 Å². The molecule has 1 amide bonds. The van der Waals surface area contributed by atoms with Crippen LogP contribution in [-0.4, -0.2) is 40.7 Å². The van der Waals surface area contributed by atoms with Crippen molar-refractivity contribution in [3.8, 4) is 11.5 Å². The molecule has 41 heavy (non-hydrogen) atoms. The molecular weight excluding hydrogens is 582 g/mol. The summed E-state index contributed by atoms with van der Waals surface area (Å²) in [6.07, 6.45) is 1.62. The van der Waals surface area contributed by atoms with Crippen molar-refractivity contribution in [3.63, 3.8) is 0 Å². The summed E-state index contributed by atoms with van der Waals surface area (Å²) in [7, 11) is 1.53. The topological polar surface area (TPSA) is 102 Å². The second-order valence-corrected chi connectivity index (χ2v) is 11.5. The number of amides is 1. The number of carbonyl (C=O) groups is 2. The first kappa shape index (κ1) is 28.4. The Bertz CT molecular complexity index is 1620. The van der Waals surface area contributed by atoms with Crippen LogP contribution in [0.2, 0.25) is 5.02 Å². The number of carbonyl (C=O) groups excluding carboxylic acids is 2. The Hall–Kier alpha value is -4.12. The van der Waals surface area contributed by atoms with Crippen molar-refractivity contribution >= 4 is 57.3 Å². The lowest BCUT2D eigenvalue weighted by molar-refractivity contribution is -0.132. The summed E-state index contributed by atoms with van der Waals surface area (Å²) in [4.78, 5) is 28.3. The van der Waals surface area contributed by atoms with Gasteiger partial charge in [-0.15, -0.1) is 10.2 Å². The van der Waals surface area contributed by atoms with Crippen LogP contribution in [0.3, 0.4) is 0 Å². The Morgan fingerprint density at radius 3 is 2.56 bits per heavy atom. The van der Waals surface area contributed by atoms with Gasteiger partial charge in [-0.05, 0) is 59.7 Å². The van der Waals surface area contributed by atoms with Gasteiger partial charge in [-0.3, -0.25) is 14.5 Å². The van der Waals surface area contributed by atoms with Crippen LogP contribution in [0, 0.1) is 0 Å². The van der Waals surface area contributed by atoms with E-state index in [9.17, 15) is 14.7 Å². The maximum Gasteiger partial charge on any atom is 0.301 e. The maximum atomic E-state index is 13.5. The highest BCUT2D eigenvalue weighted by Gasteiger charge is 2.48. The van der Waals surface area contributed by atoms with Crippen LogP contribution in [0.5, 0.6) is 11.5 Å².